The molecule has 0 bridgehead atoms. The van der Waals surface area contributed by atoms with Crippen molar-refractivity contribution in [1.29, 1.82) is 0 Å². The summed E-state index contributed by atoms with van der Waals surface area (Å²) in [4.78, 5) is 16.0. The molecule has 5 nitrogen and oxygen atoms in total. The highest BCUT2D eigenvalue weighted by molar-refractivity contribution is 6.17. The summed E-state index contributed by atoms with van der Waals surface area (Å²) in [6.07, 6.45) is 0. The molecule has 0 N–H and O–H groups in total. The number of furan rings is 1. The molecule has 0 amide bonds. The number of hydrogen-bond acceptors (Lipinski definition) is 4. The molecule has 3 heterocycles. The topological polar surface area (TPSA) is 56.7 Å². The van der Waals surface area contributed by atoms with Gasteiger partial charge >= 0.3 is 0 Å². The highest BCUT2D eigenvalue weighted by Crippen LogP contribution is 2.44. The second-order valence-electron chi connectivity index (χ2n) is 18.0. The Morgan fingerprint density at radius 3 is 1.46 bits per heavy atom. The first-order chi connectivity index (χ1) is 34.7. The van der Waals surface area contributed by atoms with Gasteiger partial charge in [0.25, 0.3) is 0 Å². The third-order valence-electron chi connectivity index (χ3n) is 13.8. The third kappa shape index (κ3) is 6.67. The maximum absolute atomic E-state index is 7.27. The Kier molecular flexibility index (Phi) is 9.14. The van der Waals surface area contributed by atoms with Crippen LogP contribution in [-0.4, -0.2) is 19.5 Å². The van der Waals surface area contributed by atoms with Crippen LogP contribution in [0.25, 0.3) is 139 Å². The van der Waals surface area contributed by atoms with Gasteiger partial charge in [-0.05, 0) is 103 Å². The van der Waals surface area contributed by atoms with Gasteiger partial charge in [-0.15, -0.1) is 0 Å². The molecule has 0 radical (unpaired) electrons. The van der Waals surface area contributed by atoms with Crippen LogP contribution in [0.2, 0.25) is 0 Å². The standard InChI is InChI=1S/C65H40N4O/c1-4-15-41(16-5-1)48-32-34-57-55(37-48)53-33-31-49(42-17-6-2-7-18-42)39-59(53)69(57)58-26-14-25-54-61-56(38-52(40-60(61)70-62(54)58)43-19-8-3-9-20-43)65-67-63(50-29-27-44-21-10-12-23-46(44)35-50)66-64(68-65)51-30-28-45-22-11-13-24-47(45)36-51/h1-40H. The van der Waals surface area contributed by atoms with Crippen molar-refractivity contribution in [2.75, 3.05) is 0 Å². The third-order valence-corrected chi connectivity index (χ3v) is 13.8. The average molecular weight is 893 g/mol. The average Bonchev–Trinajstić information content (AvgIpc) is 3.98. The number of nitrogens with zero attached hydrogens (tertiary/aromatic N) is 4. The summed E-state index contributed by atoms with van der Waals surface area (Å²) >= 11 is 0. The molecule has 3 aromatic heterocycles. The fraction of sp³-hybridized carbons (Fsp3) is 0. The Labute approximate surface area is 403 Å². The van der Waals surface area contributed by atoms with E-state index in [1.54, 1.807) is 0 Å². The van der Waals surface area contributed by atoms with Gasteiger partial charge in [0.05, 0.1) is 16.7 Å². The van der Waals surface area contributed by atoms with Crippen molar-refractivity contribution in [1.82, 2.24) is 19.5 Å². The molecule has 0 fully saturated rings. The first-order valence-electron chi connectivity index (χ1n) is 23.7. The lowest BCUT2D eigenvalue weighted by Crippen LogP contribution is -2.01. The number of para-hydroxylation sites is 1. The summed E-state index contributed by atoms with van der Waals surface area (Å²) in [5.41, 5.74) is 14.1. The molecule has 0 aliphatic rings. The van der Waals surface area contributed by atoms with E-state index in [2.05, 4.69) is 241 Å². The first kappa shape index (κ1) is 39.7. The Balaban J connectivity index is 1.04. The molecule has 14 rings (SSSR count). The van der Waals surface area contributed by atoms with Crippen molar-refractivity contribution in [2.24, 2.45) is 0 Å². The van der Waals surface area contributed by atoms with Crippen LogP contribution in [0.5, 0.6) is 0 Å². The number of benzene rings is 11. The van der Waals surface area contributed by atoms with Gasteiger partial charge in [-0.3, -0.25) is 0 Å². The number of hydrogen-bond donors (Lipinski definition) is 0. The molecule has 0 saturated carbocycles. The van der Waals surface area contributed by atoms with Gasteiger partial charge in [-0.25, -0.2) is 15.0 Å². The van der Waals surface area contributed by atoms with Crippen LogP contribution in [-0.2, 0) is 0 Å². The van der Waals surface area contributed by atoms with Crippen LogP contribution in [0.15, 0.2) is 247 Å². The predicted octanol–water partition coefficient (Wildman–Crippen LogP) is 17.2. The fourth-order valence-electron chi connectivity index (χ4n) is 10.4. The Morgan fingerprint density at radius 2 is 0.829 bits per heavy atom. The molecule has 0 unspecified atom stereocenters. The van der Waals surface area contributed by atoms with E-state index in [1.165, 1.54) is 21.9 Å². The summed E-state index contributed by atoms with van der Waals surface area (Å²) in [6.45, 7) is 0. The second kappa shape index (κ2) is 16.1. The highest BCUT2D eigenvalue weighted by atomic mass is 16.3. The Bertz CT molecular complexity index is 4250. The van der Waals surface area contributed by atoms with Gasteiger partial charge in [0, 0.05) is 38.2 Å². The van der Waals surface area contributed by atoms with E-state index in [9.17, 15) is 0 Å². The zero-order valence-corrected chi connectivity index (χ0v) is 37.8. The van der Waals surface area contributed by atoms with Crippen LogP contribution < -0.4 is 0 Å². The Hall–Kier alpha value is -9.45. The van der Waals surface area contributed by atoms with Crippen LogP contribution in [0.1, 0.15) is 0 Å². The quantitative estimate of drug-likeness (QED) is 0.160. The largest absolute Gasteiger partial charge is 0.454 e. The summed E-state index contributed by atoms with van der Waals surface area (Å²) in [7, 11) is 0. The van der Waals surface area contributed by atoms with Crippen molar-refractivity contribution in [2.45, 2.75) is 0 Å². The van der Waals surface area contributed by atoms with Gasteiger partial charge < -0.3 is 8.98 Å². The highest BCUT2D eigenvalue weighted by Gasteiger charge is 2.24. The molecule has 326 valence electrons. The van der Waals surface area contributed by atoms with E-state index in [0.717, 1.165) is 99.1 Å². The van der Waals surface area contributed by atoms with Gasteiger partial charge in [-0.2, -0.15) is 0 Å². The molecule has 0 spiro atoms. The van der Waals surface area contributed by atoms with Crippen LogP contribution in [0, 0.1) is 0 Å². The Morgan fingerprint density at radius 1 is 0.300 bits per heavy atom. The van der Waals surface area contributed by atoms with E-state index in [-0.39, 0.29) is 0 Å². The number of rotatable bonds is 7. The van der Waals surface area contributed by atoms with Gasteiger partial charge in [-0.1, -0.05) is 194 Å². The molecular weight excluding hydrogens is 853 g/mol. The normalized spacial score (nSPS) is 11.7. The maximum Gasteiger partial charge on any atom is 0.164 e. The molecule has 0 aliphatic carbocycles. The summed E-state index contributed by atoms with van der Waals surface area (Å²) in [5.74, 6) is 1.76. The summed E-state index contributed by atoms with van der Waals surface area (Å²) in [6, 6.07) is 85.9. The zero-order valence-electron chi connectivity index (χ0n) is 37.8. The van der Waals surface area contributed by atoms with E-state index >= 15 is 0 Å². The van der Waals surface area contributed by atoms with E-state index in [1.807, 2.05) is 6.07 Å². The smallest absolute Gasteiger partial charge is 0.164 e. The lowest BCUT2D eigenvalue weighted by atomic mass is 9.98. The van der Waals surface area contributed by atoms with E-state index < -0.39 is 0 Å². The fourth-order valence-corrected chi connectivity index (χ4v) is 10.4. The lowest BCUT2D eigenvalue weighted by Gasteiger charge is -2.12. The zero-order chi connectivity index (χ0) is 46.1. The first-order valence-corrected chi connectivity index (χ1v) is 23.7. The molecular formula is C65H40N4O. The van der Waals surface area contributed by atoms with Crippen LogP contribution >= 0.6 is 0 Å². The number of aromatic nitrogens is 4. The van der Waals surface area contributed by atoms with Crippen molar-refractivity contribution in [3.63, 3.8) is 0 Å². The molecule has 14 aromatic rings. The van der Waals surface area contributed by atoms with Gasteiger partial charge in [0.15, 0.2) is 23.1 Å². The minimum Gasteiger partial charge on any atom is -0.454 e. The van der Waals surface area contributed by atoms with Gasteiger partial charge in [0.2, 0.25) is 0 Å². The molecule has 11 aromatic carbocycles. The summed E-state index contributed by atoms with van der Waals surface area (Å²) in [5, 5.41) is 8.80. The van der Waals surface area contributed by atoms with Gasteiger partial charge in [0.1, 0.15) is 5.58 Å². The van der Waals surface area contributed by atoms with Crippen molar-refractivity contribution in [3.8, 4) is 73.2 Å². The van der Waals surface area contributed by atoms with Crippen LogP contribution in [0.3, 0.4) is 0 Å². The molecule has 70 heavy (non-hydrogen) atoms. The monoisotopic (exact) mass is 892 g/mol. The number of fused-ring (bicyclic) bond motifs is 8. The SMILES string of the molecule is c1ccc(-c2cc(-c3nc(-c4ccc5ccccc5c4)nc(-c4ccc5ccccc5c4)n3)c3c(c2)oc2c(-n4c5ccc(-c6ccccc6)cc5c5ccc(-c6ccccc6)cc54)cccc23)cc1. The van der Waals surface area contributed by atoms with E-state index in [0.29, 0.717) is 17.5 Å². The summed E-state index contributed by atoms with van der Waals surface area (Å²) < 4.78 is 9.65. The predicted molar refractivity (Wildman–Crippen MR) is 289 cm³/mol. The van der Waals surface area contributed by atoms with Crippen molar-refractivity contribution >= 4 is 65.3 Å². The van der Waals surface area contributed by atoms with Crippen LogP contribution in [0.4, 0.5) is 0 Å². The minimum atomic E-state index is 0.565. The van der Waals surface area contributed by atoms with E-state index in [4.69, 9.17) is 19.4 Å². The maximum atomic E-state index is 7.27. The van der Waals surface area contributed by atoms with Crippen molar-refractivity contribution < 1.29 is 4.42 Å². The van der Waals surface area contributed by atoms with Crippen molar-refractivity contribution in [3.05, 3.63) is 243 Å². The molecule has 5 heteroatoms. The molecule has 0 aliphatic heterocycles. The lowest BCUT2D eigenvalue weighted by molar-refractivity contribution is 0.666. The molecule has 0 atom stereocenters. The minimum absolute atomic E-state index is 0.565. The molecule has 0 saturated heterocycles. The second-order valence-corrected chi connectivity index (χ2v) is 18.0.